The molecule has 7 heteroatoms. The van der Waals surface area contributed by atoms with Gasteiger partial charge in [0.15, 0.2) is 5.75 Å². The molecule has 0 aliphatic carbocycles. The number of para-hydroxylation sites is 1. The van der Waals surface area contributed by atoms with Crippen LogP contribution in [-0.2, 0) is 11.4 Å². The van der Waals surface area contributed by atoms with E-state index in [1.165, 1.54) is 6.08 Å². The number of rotatable bonds is 6. The fourth-order valence-electron chi connectivity index (χ4n) is 4.04. The van der Waals surface area contributed by atoms with Crippen LogP contribution < -0.4 is 9.64 Å². The van der Waals surface area contributed by atoms with Crippen molar-refractivity contribution < 1.29 is 9.53 Å². The van der Waals surface area contributed by atoms with Crippen LogP contribution in [-0.4, -0.2) is 37.0 Å². The summed E-state index contributed by atoms with van der Waals surface area (Å²) in [5.74, 6) is 0.0705. The Bertz CT molecular complexity index is 1250. The number of hydrogen-bond donors (Lipinski definition) is 0. The first-order valence-electron chi connectivity index (χ1n) is 11.3. The summed E-state index contributed by atoms with van der Waals surface area (Å²) >= 11 is 12.9. The Morgan fingerprint density at radius 3 is 2.31 bits per heavy atom. The first-order chi connectivity index (χ1) is 16.9. The highest BCUT2D eigenvalue weighted by Gasteiger charge is 2.24. The summed E-state index contributed by atoms with van der Waals surface area (Å²) < 4.78 is 5.85. The van der Waals surface area contributed by atoms with Gasteiger partial charge in [-0.1, -0.05) is 71.2 Å². The molecule has 1 saturated heterocycles. The molecule has 0 atom stereocenters. The second-order valence-electron chi connectivity index (χ2n) is 8.38. The second-order valence-corrected chi connectivity index (χ2v) is 9.19. The number of amides is 1. The number of aryl methyl sites for hydroxylation is 1. The van der Waals surface area contributed by atoms with Gasteiger partial charge >= 0.3 is 0 Å². The minimum atomic E-state index is -0.299. The number of piperazine rings is 1. The van der Waals surface area contributed by atoms with E-state index in [-0.39, 0.29) is 11.5 Å². The Labute approximate surface area is 215 Å². The maximum absolute atomic E-state index is 13.0. The van der Waals surface area contributed by atoms with Gasteiger partial charge in [-0.3, -0.25) is 4.79 Å². The number of nitriles is 1. The number of nitrogens with zero attached hydrogens (tertiary/aromatic N) is 3. The number of anilines is 1. The lowest BCUT2D eigenvalue weighted by Gasteiger charge is -2.36. The van der Waals surface area contributed by atoms with Crippen molar-refractivity contribution in [2.24, 2.45) is 0 Å². The first-order valence-corrected chi connectivity index (χ1v) is 12.1. The summed E-state index contributed by atoms with van der Waals surface area (Å²) in [5.41, 5.74) is 3.88. The number of carbonyl (C=O) groups is 1. The minimum absolute atomic E-state index is 0.0405. The van der Waals surface area contributed by atoms with Crippen molar-refractivity contribution in [3.05, 3.63) is 99.0 Å². The number of carbonyl (C=O) groups excluding carboxylic acids is 1. The van der Waals surface area contributed by atoms with Crippen LogP contribution in [0.15, 0.2) is 72.3 Å². The highest BCUT2D eigenvalue weighted by molar-refractivity contribution is 6.37. The molecule has 1 fully saturated rings. The van der Waals surface area contributed by atoms with Gasteiger partial charge < -0.3 is 14.5 Å². The third kappa shape index (κ3) is 6.16. The van der Waals surface area contributed by atoms with Gasteiger partial charge in [-0.15, -0.1) is 0 Å². The average molecular weight is 506 g/mol. The summed E-state index contributed by atoms with van der Waals surface area (Å²) in [6, 6.07) is 23.4. The van der Waals surface area contributed by atoms with Crippen molar-refractivity contribution >= 4 is 40.9 Å². The fourth-order valence-corrected chi connectivity index (χ4v) is 4.66. The normalized spacial score (nSPS) is 13.9. The van der Waals surface area contributed by atoms with Gasteiger partial charge in [0.05, 0.1) is 10.0 Å². The largest absolute Gasteiger partial charge is 0.486 e. The van der Waals surface area contributed by atoms with Crippen LogP contribution in [0.4, 0.5) is 5.69 Å². The fraction of sp³-hybridized carbons (Fsp3) is 0.214. The predicted octanol–water partition coefficient (Wildman–Crippen LogP) is 6.14. The molecule has 1 aliphatic rings. The second kappa shape index (κ2) is 11.3. The lowest BCUT2D eigenvalue weighted by Crippen LogP contribution is -2.49. The van der Waals surface area contributed by atoms with Gasteiger partial charge in [-0.05, 0) is 48.4 Å². The number of benzene rings is 3. The van der Waals surface area contributed by atoms with Crippen LogP contribution in [0.25, 0.3) is 6.08 Å². The zero-order chi connectivity index (χ0) is 24.8. The molecule has 3 aromatic carbocycles. The molecule has 1 heterocycles. The Hall–Kier alpha value is -3.46. The maximum Gasteiger partial charge on any atom is 0.264 e. The molecule has 0 saturated carbocycles. The van der Waals surface area contributed by atoms with E-state index in [0.29, 0.717) is 54.1 Å². The zero-order valence-corrected chi connectivity index (χ0v) is 20.9. The molecule has 5 nitrogen and oxygen atoms in total. The van der Waals surface area contributed by atoms with Crippen LogP contribution in [0, 0.1) is 18.3 Å². The molecule has 3 aromatic rings. The lowest BCUT2D eigenvalue weighted by atomic mass is 10.1. The predicted molar refractivity (Wildman–Crippen MR) is 141 cm³/mol. The molecule has 35 heavy (non-hydrogen) atoms. The highest BCUT2D eigenvalue weighted by atomic mass is 35.5. The van der Waals surface area contributed by atoms with Gasteiger partial charge in [0, 0.05) is 31.9 Å². The smallest absolute Gasteiger partial charge is 0.264 e. The third-order valence-corrected chi connectivity index (χ3v) is 6.40. The standard InChI is InChI=1S/C28H25Cl2N3O2/c1-20-6-5-7-21(14-20)19-35-27-25(29)16-22(17-26(27)30)15-23(18-31)28(34)33-12-10-32(11-13-33)24-8-3-2-4-9-24/h2-9,14-17H,10-13,19H2,1H3/b23-15-. The lowest BCUT2D eigenvalue weighted by molar-refractivity contribution is -0.126. The Kier molecular flexibility index (Phi) is 7.97. The summed E-state index contributed by atoms with van der Waals surface area (Å²) in [6.07, 6.45) is 1.52. The Balaban J connectivity index is 1.43. The molecule has 0 unspecified atom stereocenters. The van der Waals surface area contributed by atoms with Crippen LogP contribution in [0.1, 0.15) is 16.7 Å². The van der Waals surface area contributed by atoms with E-state index in [2.05, 4.69) is 17.0 Å². The summed E-state index contributed by atoms with van der Waals surface area (Å²) in [6.45, 7) is 4.84. The summed E-state index contributed by atoms with van der Waals surface area (Å²) in [5, 5.41) is 10.3. The molecule has 0 spiro atoms. The molecule has 0 aromatic heterocycles. The van der Waals surface area contributed by atoms with Crippen molar-refractivity contribution in [1.29, 1.82) is 5.26 Å². The van der Waals surface area contributed by atoms with Crippen LogP contribution in [0.5, 0.6) is 5.75 Å². The van der Waals surface area contributed by atoms with Crippen LogP contribution in [0.3, 0.4) is 0 Å². The average Bonchev–Trinajstić information content (AvgIpc) is 2.87. The summed E-state index contributed by atoms with van der Waals surface area (Å²) in [4.78, 5) is 17.0. The van der Waals surface area contributed by atoms with E-state index in [0.717, 1.165) is 16.8 Å². The minimum Gasteiger partial charge on any atom is -0.486 e. The van der Waals surface area contributed by atoms with Crippen molar-refractivity contribution in [1.82, 2.24) is 4.90 Å². The molecular weight excluding hydrogens is 481 g/mol. The molecule has 178 valence electrons. The van der Waals surface area contributed by atoms with E-state index >= 15 is 0 Å². The van der Waals surface area contributed by atoms with Crippen LogP contribution >= 0.6 is 23.2 Å². The maximum atomic E-state index is 13.0. The molecule has 4 rings (SSSR count). The summed E-state index contributed by atoms with van der Waals surface area (Å²) in [7, 11) is 0. The van der Waals surface area contributed by atoms with Gasteiger partial charge in [-0.25, -0.2) is 0 Å². The monoisotopic (exact) mass is 505 g/mol. The van der Waals surface area contributed by atoms with Gasteiger partial charge in [0.2, 0.25) is 0 Å². The van der Waals surface area contributed by atoms with E-state index in [1.54, 1.807) is 17.0 Å². The van der Waals surface area contributed by atoms with Crippen molar-refractivity contribution in [3.63, 3.8) is 0 Å². The van der Waals surface area contributed by atoms with Crippen molar-refractivity contribution in [3.8, 4) is 11.8 Å². The molecule has 1 aliphatic heterocycles. The van der Waals surface area contributed by atoms with E-state index < -0.39 is 0 Å². The van der Waals surface area contributed by atoms with Crippen molar-refractivity contribution in [2.75, 3.05) is 31.1 Å². The highest BCUT2D eigenvalue weighted by Crippen LogP contribution is 2.35. The first kappa shape index (κ1) is 24.7. The van der Waals surface area contributed by atoms with Crippen LogP contribution in [0.2, 0.25) is 10.0 Å². The van der Waals surface area contributed by atoms with Gasteiger partial charge in [0.25, 0.3) is 5.91 Å². The molecule has 0 bridgehead atoms. The molecular formula is C28H25Cl2N3O2. The van der Waals surface area contributed by atoms with Gasteiger partial charge in [0.1, 0.15) is 18.2 Å². The third-order valence-electron chi connectivity index (χ3n) is 5.84. The SMILES string of the molecule is Cc1cccc(COc2c(Cl)cc(/C=C(/C#N)C(=O)N3CCN(c4ccccc4)CC3)cc2Cl)c1. The number of hydrogen-bond acceptors (Lipinski definition) is 4. The van der Waals surface area contributed by atoms with E-state index in [1.807, 2.05) is 55.5 Å². The Morgan fingerprint density at radius 1 is 1.00 bits per heavy atom. The number of halogens is 2. The molecule has 0 radical (unpaired) electrons. The van der Waals surface area contributed by atoms with Crippen molar-refractivity contribution in [2.45, 2.75) is 13.5 Å². The van der Waals surface area contributed by atoms with Gasteiger partial charge in [-0.2, -0.15) is 5.26 Å². The molecule has 1 amide bonds. The number of ether oxygens (including phenoxy) is 1. The molecule has 0 N–H and O–H groups in total. The Morgan fingerprint density at radius 2 is 1.69 bits per heavy atom. The topological polar surface area (TPSA) is 56.6 Å². The quantitative estimate of drug-likeness (QED) is 0.298. The van der Waals surface area contributed by atoms with E-state index in [9.17, 15) is 10.1 Å². The zero-order valence-electron chi connectivity index (χ0n) is 19.4. The van der Waals surface area contributed by atoms with E-state index in [4.69, 9.17) is 27.9 Å².